The summed E-state index contributed by atoms with van der Waals surface area (Å²) in [6.45, 7) is 6.65. The predicted octanol–water partition coefficient (Wildman–Crippen LogP) is 2.26. The van der Waals surface area contributed by atoms with Gasteiger partial charge in [0.15, 0.2) is 0 Å². The maximum atomic E-state index is 5.49. The van der Waals surface area contributed by atoms with E-state index < -0.39 is 0 Å². The van der Waals surface area contributed by atoms with Crippen molar-refractivity contribution in [3.8, 4) is 0 Å². The fraction of sp³-hybridized carbons (Fsp3) is 0.400. The monoisotopic (exact) mass is 178 g/mol. The molecule has 3 nitrogen and oxygen atoms in total. The normalized spacial score (nSPS) is 9.46. The van der Waals surface area contributed by atoms with E-state index in [4.69, 9.17) is 4.74 Å². The second-order valence-electron chi connectivity index (χ2n) is 2.89. The lowest BCUT2D eigenvalue weighted by Gasteiger charge is -2.09. The molecule has 0 amide bonds. The first kappa shape index (κ1) is 9.71. The molecule has 0 aliphatic rings. The van der Waals surface area contributed by atoms with Crippen LogP contribution < -0.4 is 0 Å². The van der Waals surface area contributed by atoms with E-state index in [0.29, 0.717) is 6.61 Å². The highest BCUT2D eigenvalue weighted by Crippen LogP contribution is 2.17. The summed E-state index contributed by atoms with van der Waals surface area (Å²) < 4.78 is 5.49. The average Bonchev–Trinajstić information content (AvgIpc) is 2.15. The summed E-state index contributed by atoms with van der Waals surface area (Å²) in [5.41, 5.74) is 2.07. The fourth-order valence-electron chi connectivity index (χ4n) is 1.08. The first-order valence-corrected chi connectivity index (χ1v) is 4.31. The fourth-order valence-corrected chi connectivity index (χ4v) is 1.08. The zero-order valence-electron chi connectivity index (χ0n) is 8.24. The molecule has 0 atom stereocenters. The Morgan fingerprint density at radius 1 is 1.31 bits per heavy atom. The van der Waals surface area contributed by atoms with E-state index in [1.165, 1.54) is 6.33 Å². The van der Waals surface area contributed by atoms with Gasteiger partial charge in [0, 0.05) is 12.4 Å². The number of allylic oxidation sites excluding steroid dienone is 1. The molecule has 0 unspecified atom stereocenters. The number of nitrogens with zero attached hydrogens (tertiary/aromatic N) is 2. The Labute approximate surface area is 78.5 Å². The van der Waals surface area contributed by atoms with E-state index in [1.807, 2.05) is 20.8 Å². The van der Waals surface area contributed by atoms with Crippen LogP contribution in [0, 0.1) is 0 Å². The van der Waals surface area contributed by atoms with E-state index in [-0.39, 0.29) is 0 Å². The van der Waals surface area contributed by atoms with Gasteiger partial charge in [-0.1, -0.05) is 0 Å². The van der Waals surface area contributed by atoms with Crippen LogP contribution in [0.4, 0.5) is 0 Å². The number of hydrogen-bond acceptors (Lipinski definition) is 3. The van der Waals surface area contributed by atoms with Crippen LogP contribution in [-0.2, 0) is 4.74 Å². The third kappa shape index (κ3) is 2.54. The Bertz CT molecular complexity index is 289. The summed E-state index contributed by atoms with van der Waals surface area (Å²) in [7, 11) is 0. The molecule has 1 heterocycles. The van der Waals surface area contributed by atoms with Crippen molar-refractivity contribution in [1.29, 1.82) is 0 Å². The molecule has 0 saturated carbocycles. The van der Waals surface area contributed by atoms with E-state index in [9.17, 15) is 0 Å². The smallest absolute Gasteiger partial charge is 0.128 e. The van der Waals surface area contributed by atoms with Crippen LogP contribution in [0.1, 0.15) is 26.3 Å². The SMILES string of the molecule is CCOC(=C(C)C)c1cncnc1. The van der Waals surface area contributed by atoms with Crippen molar-refractivity contribution < 1.29 is 4.74 Å². The first-order chi connectivity index (χ1) is 6.25. The van der Waals surface area contributed by atoms with Crippen molar-refractivity contribution in [2.24, 2.45) is 0 Å². The lowest BCUT2D eigenvalue weighted by atomic mass is 10.2. The zero-order valence-corrected chi connectivity index (χ0v) is 8.24. The van der Waals surface area contributed by atoms with Crippen molar-refractivity contribution in [3.63, 3.8) is 0 Å². The van der Waals surface area contributed by atoms with Gasteiger partial charge in [0.25, 0.3) is 0 Å². The summed E-state index contributed by atoms with van der Waals surface area (Å²) in [6, 6.07) is 0. The molecule has 0 aliphatic carbocycles. The van der Waals surface area contributed by atoms with Crippen LogP contribution in [0.3, 0.4) is 0 Å². The van der Waals surface area contributed by atoms with E-state index >= 15 is 0 Å². The Balaban J connectivity index is 2.97. The molecule has 13 heavy (non-hydrogen) atoms. The second kappa shape index (κ2) is 4.60. The third-order valence-corrected chi connectivity index (χ3v) is 1.57. The van der Waals surface area contributed by atoms with Crippen molar-refractivity contribution in [2.75, 3.05) is 6.61 Å². The van der Waals surface area contributed by atoms with Crippen LogP contribution in [0.5, 0.6) is 0 Å². The number of rotatable bonds is 3. The van der Waals surface area contributed by atoms with Gasteiger partial charge >= 0.3 is 0 Å². The zero-order chi connectivity index (χ0) is 9.68. The molecule has 0 saturated heterocycles. The Morgan fingerprint density at radius 3 is 2.38 bits per heavy atom. The van der Waals surface area contributed by atoms with Crippen LogP contribution in [0.25, 0.3) is 5.76 Å². The van der Waals surface area contributed by atoms with Crippen LogP contribution in [0.15, 0.2) is 24.3 Å². The molecule has 0 radical (unpaired) electrons. The quantitative estimate of drug-likeness (QED) is 0.666. The van der Waals surface area contributed by atoms with E-state index in [0.717, 1.165) is 16.9 Å². The molecule has 0 fully saturated rings. The van der Waals surface area contributed by atoms with Crippen molar-refractivity contribution in [3.05, 3.63) is 29.9 Å². The Kier molecular flexibility index (Phi) is 3.43. The first-order valence-electron chi connectivity index (χ1n) is 4.31. The molecule has 0 N–H and O–H groups in total. The minimum atomic E-state index is 0.662. The third-order valence-electron chi connectivity index (χ3n) is 1.57. The van der Waals surface area contributed by atoms with Crippen LogP contribution in [-0.4, -0.2) is 16.6 Å². The summed E-state index contributed by atoms with van der Waals surface area (Å²) in [5.74, 6) is 0.878. The van der Waals surface area contributed by atoms with Gasteiger partial charge in [-0.25, -0.2) is 9.97 Å². The standard InChI is InChI=1S/C10H14N2O/c1-4-13-10(8(2)3)9-5-11-7-12-6-9/h5-7H,4H2,1-3H3. The predicted molar refractivity (Wildman–Crippen MR) is 51.9 cm³/mol. The maximum absolute atomic E-state index is 5.49. The van der Waals surface area contributed by atoms with Gasteiger partial charge in [0.2, 0.25) is 0 Å². The molecule has 0 aliphatic heterocycles. The maximum Gasteiger partial charge on any atom is 0.128 e. The van der Waals surface area contributed by atoms with Gasteiger partial charge in [-0.05, 0) is 26.3 Å². The molecule has 0 spiro atoms. The van der Waals surface area contributed by atoms with Crippen molar-refractivity contribution in [2.45, 2.75) is 20.8 Å². The molecule has 1 aromatic heterocycles. The number of aromatic nitrogens is 2. The molecular weight excluding hydrogens is 164 g/mol. The van der Waals surface area contributed by atoms with Crippen LogP contribution >= 0.6 is 0 Å². The summed E-state index contributed by atoms with van der Waals surface area (Å²) in [5, 5.41) is 0. The van der Waals surface area contributed by atoms with Gasteiger partial charge in [-0.2, -0.15) is 0 Å². The van der Waals surface area contributed by atoms with E-state index in [1.54, 1.807) is 12.4 Å². The summed E-state index contributed by atoms with van der Waals surface area (Å²) in [6.07, 6.45) is 5.02. The minimum Gasteiger partial charge on any atom is -0.493 e. The van der Waals surface area contributed by atoms with Gasteiger partial charge in [0.05, 0.1) is 12.2 Å². The van der Waals surface area contributed by atoms with Gasteiger partial charge < -0.3 is 4.74 Å². The topological polar surface area (TPSA) is 35.0 Å². The van der Waals surface area contributed by atoms with Gasteiger partial charge in [-0.3, -0.25) is 0 Å². The highest BCUT2D eigenvalue weighted by molar-refractivity contribution is 5.60. The number of ether oxygens (including phenoxy) is 1. The largest absolute Gasteiger partial charge is 0.493 e. The van der Waals surface area contributed by atoms with Gasteiger partial charge in [0.1, 0.15) is 12.1 Å². The average molecular weight is 178 g/mol. The van der Waals surface area contributed by atoms with Crippen LogP contribution in [0.2, 0.25) is 0 Å². The summed E-state index contributed by atoms with van der Waals surface area (Å²) >= 11 is 0. The van der Waals surface area contributed by atoms with Gasteiger partial charge in [-0.15, -0.1) is 0 Å². The van der Waals surface area contributed by atoms with Crippen molar-refractivity contribution >= 4 is 5.76 Å². The lowest BCUT2D eigenvalue weighted by molar-refractivity contribution is 0.295. The molecular formula is C10H14N2O. The van der Waals surface area contributed by atoms with E-state index in [2.05, 4.69) is 9.97 Å². The highest BCUT2D eigenvalue weighted by atomic mass is 16.5. The minimum absolute atomic E-state index is 0.662. The molecule has 3 heteroatoms. The lowest BCUT2D eigenvalue weighted by Crippen LogP contribution is -1.95. The Hall–Kier alpha value is -1.38. The molecule has 0 aromatic carbocycles. The highest BCUT2D eigenvalue weighted by Gasteiger charge is 2.03. The second-order valence-corrected chi connectivity index (χ2v) is 2.89. The Morgan fingerprint density at radius 2 is 1.92 bits per heavy atom. The molecule has 70 valence electrons. The number of hydrogen-bond donors (Lipinski definition) is 0. The summed E-state index contributed by atoms with van der Waals surface area (Å²) in [4.78, 5) is 7.89. The molecule has 1 aromatic rings. The molecule has 1 rings (SSSR count). The van der Waals surface area contributed by atoms with Crippen molar-refractivity contribution in [1.82, 2.24) is 9.97 Å². The molecule has 0 bridgehead atoms.